The lowest BCUT2D eigenvalue weighted by molar-refractivity contribution is 0.0734. The summed E-state index contributed by atoms with van der Waals surface area (Å²) in [5, 5.41) is 0. The van der Waals surface area contributed by atoms with E-state index in [1.807, 2.05) is 36.4 Å². The summed E-state index contributed by atoms with van der Waals surface area (Å²) in [4.78, 5) is 12.5. The molecule has 2 aromatic carbocycles. The van der Waals surface area contributed by atoms with E-state index in [0.717, 1.165) is 18.8 Å². The predicted molar refractivity (Wildman–Crippen MR) is 121 cm³/mol. The summed E-state index contributed by atoms with van der Waals surface area (Å²) in [6, 6.07) is 16.0. The summed E-state index contributed by atoms with van der Waals surface area (Å²) < 4.78 is 5.54. The quantitative estimate of drug-likeness (QED) is 0.248. The zero-order chi connectivity index (χ0) is 20.5. The lowest BCUT2D eigenvalue weighted by atomic mass is 9.77. The van der Waals surface area contributed by atoms with Gasteiger partial charge in [-0.3, -0.25) is 0 Å². The molecule has 3 rings (SSSR count). The lowest BCUT2D eigenvalue weighted by Gasteiger charge is -2.29. The standard InChI is InChI=1S/C27H36O2/c1-3-5-6-8-22-9-13-23(14-10-22)24-15-17-25(18-16-24)27(28)29-26-19-11-21(7-4-2)12-20-26/h11-12,15-20,22-23H,3-10,13-14H2,1-2H3/t22-,23-. The highest BCUT2D eigenvalue weighted by Gasteiger charge is 2.22. The Bertz CT molecular complexity index is 737. The van der Waals surface area contributed by atoms with Crippen LogP contribution in [-0.4, -0.2) is 5.97 Å². The number of esters is 1. The fourth-order valence-electron chi connectivity index (χ4n) is 4.54. The summed E-state index contributed by atoms with van der Waals surface area (Å²) in [5.41, 5.74) is 3.27. The van der Waals surface area contributed by atoms with Gasteiger partial charge in [0.15, 0.2) is 0 Å². The molecule has 0 atom stereocenters. The average molecular weight is 393 g/mol. The number of hydrogen-bond donors (Lipinski definition) is 0. The molecule has 2 heteroatoms. The number of carbonyl (C=O) groups excluding carboxylic acids is 1. The van der Waals surface area contributed by atoms with Gasteiger partial charge in [0.2, 0.25) is 0 Å². The number of hydrogen-bond acceptors (Lipinski definition) is 2. The predicted octanol–water partition coefficient (Wildman–Crippen LogP) is 7.71. The van der Waals surface area contributed by atoms with Crippen LogP contribution in [0.15, 0.2) is 48.5 Å². The fraction of sp³-hybridized carbons (Fsp3) is 0.519. The topological polar surface area (TPSA) is 26.3 Å². The van der Waals surface area contributed by atoms with Crippen LogP contribution >= 0.6 is 0 Å². The molecule has 1 saturated carbocycles. The van der Waals surface area contributed by atoms with E-state index in [1.54, 1.807) is 0 Å². The molecular formula is C27H36O2. The highest BCUT2D eigenvalue weighted by atomic mass is 16.5. The van der Waals surface area contributed by atoms with Crippen LogP contribution in [0.2, 0.25) is 0 Å². The average Bonchev–Trinajstić information content (AvgIpc) is 2.76. The van der Waals surface area contributed by atoms with E-state index in [0.29, 0.717) is 17.2 Å². The Morgan fingerprint density at radius 2 is 1.55 bits per heavy atom. The van der Waals surface area contributed by atoms with Crippen molar-refractivity contribution in [3.63, 3.8) is 0 Å². The van der Waals surface area contributed by atoms with Gasteiger partial charge in [-0.2, -0.15) is 0 Å². The summed E-state index contributed by atoms with van der Waals surface area (Å²) in [6.45, 7) is 4.44. The van der Waals surface area contributed by atoms with Crippen molar-refractivity contribution in [3.8, 4) is 5.75 Å². The Labute approximate surface area is 176 Å². The molecule has 0 N–H and O–H groups in total. The van der Waals surface area contributed by atoms with Gasteiger partial charge >= 0.3 is 5.97 Å². The molecular weight excluding hydrogens is 356 g/mol. The fourth-order valence-corrected chi connectivity index (χ4v) is 4.54. The van der Waals surface area contributed by atoms with Crippen LogP contribution in [0.25, 0.3) is 0 Å². The number of ether oxygens (including phenoxy) is 1. The molecule has 0 unspecified atom stereocenters. The van der Waals surface area contributed by atoms with Gasteiger partial charge in [0.05, 0.1) is 5.56 Å². The Morgan fingerprint density at radius 3 is 2.17 bits per heavy atom. The summed E-state index contributed by atoms with van der Waals surface area (Å²) in [6.07, 6.45) is 12.9. The number of rotatable bonds is 9. The highest BCUT2D eigenvalue weighted by molar-refractivity contribution is 5.91. The van der Waals surface area contributed by atoms with Crippen molar-refractivity contribution >= 4 is 5.97 Å². The van der Waals surface area contributed by atoms with Gasteiger partial charge in [-0.05, 0) is 79.3 Å². The maximum atomic E-state index is 12.5. The van der Waals surface area contributed by atoms with Crippen LogP contribution < -0.4 is 4.74 Å². The first-order valence-electron chi connectivity index (χ1n) is 11.6. The van der Waals surface area contributed by atoms with Crippen LogP contribution in [0.4, 0.5) is 0 Å². The monoisotopic (exact) mass is 392 g/mol. The Morgan fingerprint density at radius 1 is 0.862 bits per heavy atom. The number of unbranched alkanes of at least 4 members (excludes halogenated alkanes) is 2. The van der Waals surface area contributed by atoms with E-state index in [2.05, 4.69) is 26.0 Å². The van der Waals surface area contributed by atoms with Crippen molar-refractivity contribution in [2.24, 2.45) is 5.92 Å². The molecule has 0 aliphatic heterocycles. The number of carbonyl (C=O) groups is 1. The first-order chi connectivity index (χ1) is 14.2. The molecule has 0 saturated heterocycles. The summed E-state index contributed by atoms with van der Waals surface area (Å²) >= 11 is 0. The van der Waals surface area contributed by atoms with Gasteiger partial charge in [0, 0.05) is 0 Å². The zero-order valence-electron chi connectivity index (χ0n) is 18.2. The largest absolute Gasteiger partial charge is 0.423 e. The van der Waals surface area contributed by atoms with Crippen LogP contribution in [0.1, 0.15) is 99.0 Å². The van der Waals surface area contributed by atoms with Gasteiger partial charge in [-0.25, -0.2) is 4.79 Å². The molecule has 0 aromatic heterocycles. The molecule has 0 radical (unpaired) electrons. The minimum Gasteiger partial charge on any atom is -0.423 e. The van der Waals surface area contributed by atoms with E-state index >= 15 is 0 Å². The van der Waals surface area contributed by atoms with Crippen LogP contribution in [0, 0.1) is 5.92 Å². The van der Waals surface area contributed by atoms with Crippen LogP contribution in [0.3, 0.4) is 0 Å². The van der Waals surface area contributed by atoms with Gasteiger partial charge in [-0.1, -0.05) is 70.2 Å². The molecule has 0 heterocycles. The highest BCUT2D eigenvalue weighted by Crippen LogP contribution is 2.37. The second kappa shape index (κ2) is 11.2. The molecule has 1 fully saturated rings. The van der Waals surface area contributed by atoms with E-state index in [1.165, 1.54) is 62.5 Å². The third-order valence-electron chi connectivity index (χ3n) is 6.35. The van der Waals surface area contributed by atoms with Gasteiger partial charge < -0.3 is 4.74 Å². The van der Waals surface area contributed by atoms with E-state index in [9.17, 15) is 4.79 Å². The Hall–Kier alpha value is -2.09. The minimum atomic E-state index is -0.278. The molecule has 2 nitrogen and oxygen atoms in total. The van der Waals surface area contributed by atoms with E-state index in [-0.39, 0.29) is 5.97 Å². The molecule has 156 valence electrons. The zero-order valence-corrected chi connectivity index (χ0v) is 18.2. The minimum absolute atomic E-state index is 0.278. The molecule has 2 aromatic rings. The third kappa shape index (κ3) is 6.45. The maximum absolute atomic E-state index is 12.5. The van der Waals surface area contributed by atoms with Crippen molar-refractivity contribution in [1.29, 1.82) is 0 Å². The summed E-state index contributed by atoms with van der Waals surface area (Å²) in [7, 11) is 0. The van der Waals surface area contributed by atoms with Gasteiger partial charge in [-0.15, -0.1) is 0 Å². The smallest absolute Gasteiger partial charge is 0.343 e. The molecule has 0 spiro atoms. The molecule has 0 bridgehead atoms. The second-order valence-electron chi connectivity index (χ2n) is 8.62. The summed E-state index contributed by atoms with van der Waals surface area (Å²) in [5.74, 6) is 1.91. The second-order valence-corrected chi connectivity index (χ2v) is 8.62. The third-order valence-corrected chi connectivity index (χ3v) is 6.35. The van der Waals surface area contributed by atoms with Gasteiger partial charge in [0.25, 0.3) is 0 Å². The van der Waals surface area contributed by atoms with Crippen molar-refractivity contribution in [2.45, 2.75) is 84.0 Å². The first kappa shape index (κ1) is 21.6. The van der Waals surface area contributed by atoms with Crippen molar-refractivity contribution in [1.82, 2.24) is 0 Å². The van der Waals surface area contributed by atoms with Crippen LogP contribution in [0.5, 0.6) is 5.75 Å². The lowest BCUT2D eigenvalue weighted by Crippen LogP contribution is -2.14. The van der Waals surface area contributed by atoms with Crippen molar-refractivity contribution < 1.29 is 9.53 Å². The number of aryl methyl sites for hydroxylation is 1. The first-order valence-corrected chi connectivity index (χ1v) is 11.6. The van der Waals surface area contributed by atoms with E-state index in [4.69, 9.17) is 4.74 Å². The number of benzene rings is 2. The maximum Gasteiger partial charge on any atom is 0.343 e. The molecule has 0 amide bonds. The van der Waals surface area contributed by atoms with Crippen molar-refractivity contribution in [2.75, 3.05) is 0 Å². The molecule has 1 aliphatic carbocycles. The normalized spacial score (nSPS) is 19.1. The van der Waals surface area contributed by atoms with Gasteiger partial charge in [0.1, 0.15) is 5.75 Å². The van der Waals surface area contributed by atoms with E-state index < -0.39 is 0 Å². The molecule has 1 aliphatic rings. The Balaban J connectivity index is 1.50. The SMILES string of the molecule is CCCCC[C@H]1CC[C@H](c2ccc(C(=O)Oc3ccc(CCC)cc3)cc2)CC1. The van der Waals surface area contributed by atoms with Crippen molar-refractivity contribution in [3.05, 3.63) is 65.2 Å². The van der Waals surface area contributed by atoms with Crippen LogP contribution in [-0.2, 0) is 6.42 Å². The Kier molecular flexibility index (Phi) is 8.34. The molecule has 29 heavy (non-hydrogen) atoms.